The molecule has 0 N–H and O–H groups in total. The molecule has 0 bridgehead atoms. The summed E-state index contributed by atoms with van der Waals surface area (Å²) < 4.78 is 5.87. The van der Waals surface area contributed by atoms with Gasteiger partial charge in [-0.25, -0.2) is 4.98 Å². The monoisotopic (exact) mass is 328 g/mol. The third-order valence-electron chi connectivity index (χ3n) is 3.64. The molecule has 0 radical (unpaired) electrons. The summed E-state index contributed by atoms with van der Waals surface area (Å²) in [6.45, 7) is 2.81. The summed E-state index contributed by atoms with van der Waals surface area (Å²) in [5.74, 6) is 0.154. The van der Waals surface area contributed by atoms with Crippen LogP contribution in [0.15, 0.2) is 42.5 Å². The van der Waals surface area contributed by atoms with Crippen molar-refractivity contribution in [2.75, 3.05) is 6.61 Å². The number of nitrogens with zero attached hydrogens (tertiary/aromatic N) is 2. The summed E-state index contributed by atoms with van der Waals surface area (Å²) in [5.41, 5.74) is 1.47. The molecule has 0 aliphatic heterocycles. The van der Waals surface area contributed by atoms with Crippen molar-refractivity contribution in [3.63, 3.8) is 0 Å². The molecule has 2 aromatic rings. The van der Waals surface area contributed by atoms with Crippen LogP contribution in [0.2, 0.25) is 5.15 Å². The van der Waals surface area contributed by atoms with Gasteiger partial charge in [0.05, 0.1) is 12.7 Å². The molecule has 0 amide bonds. The van der Waals surface area contributed by atoms with Crippen LogP contribution >= 0.6 is 11.6 Å². The van der Waals surface area contributed by atoms with Gasteiger partial charge in [0.25, 0.3) is 0 Å². The largest absolute Gasteiger partial charge is 0.492 e. The van der Waals surface area contributed by atoms with E-state index in [1.54, 1.807) is 12.1 Å². The van der Waals surface area contributed by atoms with Crippen molar-refractivity contribution < 1.29 is 4.74 Å². The van der Waals surface area contributed by atoms with Crippen molar-refractivity contribution in [3.05, 3.63) is 58.9 Å². The molecular formula is C19H21ClN2O. The van der Waals surface area contributed by atoms with Crippen LogP contribution in [0.4, 0.5) is 0 Å². The molecule has 0 fully saturated rings. The predicted molar refractivity (Wildman–Crippen MR) is 92.8 cm³/mol. The summed E-state index contributed by atoms with van der Waals surface area (Å²) in [6.07, 6.45) is 4.55. The standard InChI is InChI=1S/C19H21ClN2O/c1-2-3-4-8-13-23-17-11-12-18(20)22-19(17)16(14-21)15-9-6-5-7-10-15/h5-7,9-12,16H,2-4,8,13H2,1H3. The molecule has 120 valence electrons. The molecule has 23 heavy (non-hydrogen) atoms. The Morgan fingerprint density at radius 2 is 1.91 bits per heavy atom. The highest BCUT2D eigenvalue weighted by Gasteiger charge is 2.20. The van der Waals surface area contributed by atoms with E-state index in [2.05, 4.69) is 18.0 Å². The van der Waals surface area contributed by atoms with Crippen LogP contribution in [-0.4, -0.2) is 11.6 Å². The van der Waals surface area contributed by atoms with E-state index in [0.29, 0.717) is 23.2 Å². The van der Waals surface area contributed by atoms with Gasteiger partial charge in [0.1, 0.15) is 22.5 Å². The van der Waals surface area contributed by atoms with E-state index in [9.17, 15) is 5.26 Å². The number of nitriles is 1. The molecule has 1 aromatic heterocycles. The fraction of sp³-hybridized carbons (Fsp3) is 0.368. The summed E-state index contributed by atoms with van der Waals surface area (Å²) in [5, 5.41) is 9.97. The Labute approximate surface area is 142 Å². The Bertz CT molecular complexity index is 652. The van der Waals surface area contributed by atoms with Crippen molar-refractivity contribution >= 4 is 11.6 Å². The fourth-order valence-electron chi connectivity index (χ4n) is 2.42. The number of ether oxygens (including phenoxy) is 1. The minimum atomic E-state index is -0.486. The molecule has 0 saturated heterocycles. The van der Waals surface area contributed by atoms with Gasteiger partial charge in [0.2, 0.25) is 0 Å². The summed E-state index contributed by atoms with van der Waals surface area (Å²) in [7, 11) is 0. The Kier molecular flexibility index (Phi) is 6.90. The number of hydrogen-bond donors (Lipinski definition) is 0. The highest BCUT2D eigenvalue weighted by Crippen LogP contribution is 2.31. The number of rotatable bonds is 8. The lowest BCUT2D eigenvalue weighted by Crippen LogP contribution is -2.07. The first-order chi connectivity index (χ1) is 11.3. The molecule has 1 unspecified atom stereocenters. The molecule has 1 heterocycles. The van der Waals surface area contributed by atoms with Gasteiger partial charge in [-0.05, 0) is 24.1 Å². The van der Waals surface area contributed by atoms with Gasteiger partial charge < -0.3 is 4.74 Å². The van der Waals surface area contributed by atoms with Gasteiger partial charge in [-0.15, -0.1) is 0 Å². The van der Waals surface area contributed by atoms with Crippen LogP contribution in [-0.2, 0) is 0 Å². The number of hydrogen-bond acceptors (Lipinski definition) is 3. The first-order valence-corrected chi connectivity index (χ1v) is 8.38. The smallest absolute Gasteiger partial charge is 0.142 e. The van der Waals surface area contributed by atoms with Crippen LogP contribution in [0.1, 0.15) is 49.8 Å². The van der Waals surface area contributed by atoms with Crippen LogP contribution < -0.4 is 4.74 Å². The Hall–Kier alpha value is -2.05. The van der Waals surface area contributed by atoms with Crippen LogP contribution in [0.25, 0.3) is 0 Å². The lowest BCUT2D eigenvalue weighted by molar-refractivity contribution is 0.300. The zero-order valence-electron chi connectivity index (χ0n) is 13.3. The third-order valence-corrected chi connectivity index (χ3v) is 3.85. The number of halogens is 1. The van der Waals surface area contributed by atoms with Gasteiger partial charge >= 0.3 is 0 Å². The first kappa shape index (κ1) is 17.3. The topological polar surface area (TPSA) is 45.9 Å². The second-order valence-electron chi connectivity index (χ2n) is 5.40. The van der Waals surface area contributed by atoms with Crippen molar-refractivity contribution in [1.29, 1.82) is 5.26 Å². The van der Waals surface area contributed by atoms with E-state index in [1.807, 2.05) is 30.3 Å². The van der Waals surface area contributed by atoms with E-state index in [4.69, 9.17) is 16.3 Å². The van der Waals surface area contributed by atoms with E-state index < -0.39 is 5.92 Å². The number of pyridine rings is 1. The first-order valence-electron chi connectivity index (χ1n) is 8.00. The molecule has 1 aromatic carbocycles. The SMILES string of the molecule is CCCCCCOc1ccc(Cl)nc1C(C#N)c1ccccc1. The van der Waals surface area contributed by atoms with E-state index >= 15 is 0 Å². The number of benzene rings is 1. The second-order valence-corrected chi connectivity index (χ2v) is 5.79. The lowest BCUT2D eigenvalue weighted by Gasteiger charge is -2.15. The molecule has 4 heteroatoms. The third kappa shape index (κ3) is 4.97. The van der Waals surface area contributed by atoms with Crippen LogP contribution in [0.3, 0.4) is 0 Å². The summed E-state index contributed by atoms with van der Waals surface area (Å²) in [6, 6.07) is 15.4. The Balaban J connectivity index is 2.19. The van der Waals surface area contributed by atoms with Gasteiger partial charge in [0, 0.05) is 0 Å². The quantitative estimate of drug-likeness (QED) is 0.484. The van der Waals surface area contributed by atoms with Gasteiger partial charge in [0.15, 0.2) is 0 Å². The molecule has 2 rings (SSSR count). The Morgan fingerprint density at radius 1 is 1.13 bits per heavy atom. The molecule has 1 atom stereocenters. The van der Waals surface area contributed by atoms with Gasteiger partial charge in [-0.2, -0.15) is 5.26 Å². The maximum Gasteiger partial charge on any atom is 0.142 e. The lowest BCUT2D eigenvalue weighted by atomic mass is 9.96. The maximum atomic E-state index is 9.60. The van der Waals surface area contributed by atoms with Gasteiger partial charge in [-0.3, -0.25) is 0 Å². The van der Waals surface area contributed by atoms with Crippen LogP contribution in [0, 0.1) is 11.3 Å². The number of aromatic nitrogens is 1. The minimum Gasteiger partial charge on any atom is -0.492 e. The zero-order valence-corrected chi connectivity index (χ0v) is 14.1. The van der Waals surface area contributed by atoms with Crippen molar-refractivity contribution in [2.45, 2.75) is 38.5 Å². The molecule has 0 aliphatic carbocycles. The average molecular weight is 329 g/mol. The predicted octanol–water partition coefficient (Wildman–Crippen LogP) is 5.35. The average Bonchev–Trinajstić information content (AvgIpc) is 2.58. The van der Waals surface area contributed by atoms with E-state index in [1.165, 1.54) is 12.8 Å². The molecule has 3 nitrogen and oxygen atoms in total. The van der Waals surface area contributed by atoms with E-state index in [-0.39, 0.29) is 0 Å². The molecule has 0 saturated carbocycles. The van der Waals surface area contributed by atoms with Crippen molar-refractivity contribution in [3.8, 4) is 11.8 Å². The molecular weight excluding hydrogens is 308 g/mol. The normalized spacial score (nSPS) is 11.7. The highest BCUT2D eigenvalue weighted by molar-refractivity contribution is 6.29. The Morgan fingerprint density at radius 3 is 2.61 bits per heavy atom. The fourth-order valence-corrected chi connectivity index (χ4v) is 2.57. The van der Waals surface area contributed by atoms with Crippen LogP contribution in [0.5, 0.6) is 5.75 Å². The minimum absolute atomic E-state index is 0.370. The van der Waals surface area contributed by atoms with E-state index in [0.717, 1.165) is 18.4 Å². The maximum absolute atomic E-state index is 9.60. The van der Waals surface area contributed by atoms with Crippen molar-refractivity contribution in [1.82, 2.24) is 4.98 Å². The summed E-state index contributed by atoms with van der Waals surface area (Å²) in [4.78, 5) is 4.35. The highest BCUT2D eigenvalue weighted by atomic mass is 35.5. The molecule has 0 spiro atoms. The summed E-state index contributed by atoms with van der Waals surface area (Å²) >= 11 is 6.03. The molecule has 0 aliphatic rings. The van der Waals surface area contributed by atoms with Gasteiger partial charge in [-0.1, -0.05) is 68.1 Å². The second kappa shape index (κ2) is 9.17. The van der Waals surface area contributed by atoms with Crippen molar-refractivity contribution in [2.24, 2.45) is 0 Å². The number of unbranched alkanes of at least 4 members (excludes halogenated alkanes) is 3. The zero-order chi connectivity index (χ0) is 16.5.